The lowest BCUT2D eigenvalue weighted by atomic mass is 10.1. The fraction of sp³-hybridized carbons (Fsp3) is 0.417. The Balaban J connectivity index is 3.14. The molecule has 3 N–H and O–H groups in total. The molecule has 0 radical (unpaired) electrons. The van der Waals surface area contributed by atoms with Crippen LogP contribution < -0.4 is 10.6 Å². The third-order valence-electron chi connectivity index (χ3n) is 2.39. The quantitative estimate of drug-likeness (QED) is 0.376. The second-order valence-corrected chi connectivity index (χ2v) is 4.86. The van der Waals surface area contributed by atoms with Gasteiger partial charge in [0, 0.05) is 29.9 Å². The van der Waals surface area contributed by atoms with E-state index in [1.54, 1.807) is 12.1 Å². The summed E-state index contributed by atoms with van der Waals surface area (Å²) in [5.41, 5.74) is 7.19. The van der Waals surface area contributed by atoms with E-state index in [2.05, 4.69) is 23.9 Å². The van der Waals surface area contributed by atoms with Gasteiger partial charge in [-0.2, -0.15) is 0 Å². The molecule has 0 bridgehead atoms. The molecular formula is C12H18ClN3O. The van der Waals surface area contributed by atoms with Crippen molar-refractivity contribution in [3.05, 3.63) is 28.8 Å². The van der Waals surface area contributed by atoms with E-state index >= 15 is 0 Å². The summed E-state index contributed by atoms with van der Waals surface area (Å²) in [7, 11) is 1.97. The molecular weight excluding hydrogens is 238 g/mol. The highest BCUT2D eigenvalue weighted by atomic mass is 35.5. The molecule has 0 atom stereocenters. The van der Waals surface area contributed by atoms with Crippen LogP contribution in [-0.4, -0.2) is 24.6 Å². The Labute approximate surface area is 107 Å². The highest BCUT2D eigenvalue weighted by Gasteiger charge is 2.12. The van der Waals surface area contributed by atoms with Gasteiger partial charge in [-0.1, -0.05) is 30.6 Å². The van der Waals surface area contributed by atoms with Crippen molar-refractivity contribution >= 4 is 23.1 Å². The van der Waals surface area contributed by atoms with Crippen molar-refractivity contribution in [1.29, 1.82) is 0 Å². The zero-order valence-electron chi connectivity index (χ0n) is 10.3. The maximum atomic E-state index is 8.77. The smallest absolute Gasteiger partial charge is 0.172 e. The normalized spacial score (nSPS) is 11.9. The van der Waals surface area contributed by atoms with Gasteiger partial charge in [-0.3, -0.25) is 0 Å². The summed E-state index contributed by atoms with van der Waals surface area (Å²) in [4.78, 5) is 2.06. The van der Waals surface area contributed by atoms with E-state index in [4.69, 9.17) is 22.5 Å². The van der Waals surface area contributed by atoms with Gasteiger partial charge < -0.3 is 15.8 Å². The summed E-state index contributed by atoms with van der Waals surface area (Å²) in [5.74, 6) is 0.592. The third-order valence-corrected chi connectivity index (χ3v) is 2.63. The lowest BCUT2D eigenvalue weighted by Gasteiger charge is -2.24. The Morgan fingerprint density at radius 1 is 1.53 bits per heavy atom. The highest BCUT2D eigenvalue weighted by Crippen LogP contribution is 2.24. The molecule has 0 aliphatic rings. The fourth-order valence-electron chi connectivity index (χ4n) is 1.75. The Bertz CT molecular complexity index is 418. The molecule has 94 valence electrons. The number of nitrogens with two attached hydrogens (primary N) is 1. The first-order chi connectivity index (χ1) is 7.95. The molecule has 0 heterocycles. The van der Waals surface area contributed by atoms with Crippen LogP contribution in [0.5, 0.6) is 0 Å². The molecule has 0 aliphatic heterocycles. The van der Waals surface area contributed by atoms with Gasteiger partial charge in [0.05, 0.1) is 0 Å². The zero-order chi connectivity index (χ0) is 13.0. The van der Waals surface area contributed by atoms with Crippen LogP contribution in [0.2, 0.25) is 5.02 Å². The molecule has 0 aliphatic carbocycles. The van der Waals surface area contributed by atoms with E-state index in [9.17, 15) is 0 Å². The molecule has 0 saturated heterocycles. The topological polar surface area (TPSA) is 61.8 Å². The minimum Gasteiger partial charge on any atom is -0.409 e. The van der Waals surface area contributed by atoms with Crippen molar-refractivity contribution in [2.75, 3.05) is 18.5 Å². The minimum absolute atomic E-state index is 0.0677. The van der Waals surface area contributed by atoms with Crippen molar-refractivity contribution in [2.24, 2.45) is 16.8 Å². The summed E-state index contributed by atoms with van der Waals surface area (Å²) in [6.45, 7) is 5.15. The van der Waals surface area contributed by atoms with Crippen molar-refractivity contribution in [3.63, 3.8) is 0 Å². The summed E-state index contributed by atoms with van der Waals surface area (Å²) in [6, 6.07) is 5.36. The SMILES string of the molecule is CC(C)CN(C)c1ccc(Cl)cc1C(N)=NO. The van der Waals surface area contributed by atoms with Crippen molar-refractivity contribution < 1.29 is 5.21 Å². The number of oxime groups is 1. The summed E-state index contributed by atoms with van der Waals surface area (Å²) in [6.07, 6.45) is 0. The van der Waals surface area contributed by atoms with Crippen LogP contribution in [0.15, 0.2) is 23.4 Å². The molecule has 0 fully saturated rings. The summed E-state index contributed by atoms with van der Waals surface area (Å²) >= 11 is 5.92. The van der Waals surface area contributed by atoms with Gasteiger partial charge in [0.15, 0.2) is 5.84 Å². The number of anilines is 1. The number of benzene rings is 1. The van der Waals surface area contributed by atoms with Crippen molar-refractivity contribution in [3.8, 4) is 0 Å². The molecule has 0 saturated carbocycles. The lowest BCUT2D eigenvalue weighted by molar-refractivity contribution is 0.318. The molecule has 1 aromatic rings. The minimum atomic E-state index is 0.0677. The van der Waals surface area contributed by atoms with Crippen LogP contribution in [0, 0.1) is 5.92 Å². The Morgan fingerprint density at radius 2 is 2.18 bits per heavy atom. The second kappa shape index (κ2) is 5.77. The second-order valence-electron chi connectivity index (χ2n) is 4.42. The molecule has 0 spiro atoms. The van der Waals surface area contributed by atoms with Gasteiger partial charge >= 0.3 is 0 Å². The van der Waals surface area contributed by atoms with Crippen LogP contribution in [0.1, 0.15) is 19.4 Å². The zero-order valence-corrected chi connectivity index (χ0v) is 11.1. The highest BCUT2D eigenvalue weighted by molar-refractivity contribution is 6.31. The third kappa shape index (κ3) is 3.53. The maximum absolute atomic E-state index is 8.77. The molecule has 0 aromatic heterocycles. The number of amidine groups is 1. The first-order valence-electron chi connectivity index (χ1n) is 5.44. The molecule has 5 heteroatoms. The Morgan fingerprint density at radius 3 is 2.71 bits per heavy atom. The molecule has 0 amide bonds. The molecule has 1 rings (SSSR count). The lowest BCUT2D eigenvalue weighted by Crippen LogP contribution is -2.26. The number of nitrogens with zero attached hydrogens (tertiary/aromatic N) is 2. The van der Waals surface area contributed by atoms with E-state index in [1.165, 1.54) is 0 Å². The van der Waals surface area contributed by atoms with Crippen LogP contribution in [0.4, 0.5) is 5.69 Å². The van der Waals surface area contributed by atoms with Crippen LogP contribution in [0.25, 0.3) is 0 Å². The van der Waals surface area contributed by atoms with Crippen molar-refractivity contribution in [2.45, 2.75) is 13.8 Å². The van der Waals surface area contributed by atoms with E-state index in [1.807, 2.05) is 13.1 Å². The Kier molecular flexibility index (Phi) is 4.63. The Hall–Kier alpha value is -1.42. The molecule has 17 heavy (non-hydrogen) atoms. The van der Waals surface area contributed by atoms with Gasteiger partial charge in [-0.25, -0.2) is 0 Å². The van der Waals surface area contributed by atoms with E-state index in [-0.39, 0.29) is 5.84 Å². The van der Waals surface area contributed by atoms with E-state index < -0.39 is 0 Å². The van der Waals surface area contributed by atoms with E-state index in [0.717, 1.165) is 12.2 Å². The fourth-order valence-corrected chi connectivity index (χ4v) is 1.92. The van der Waals surface area contributed by atoms with Gasteiger partial charge in [-0.05, 0) is 24.1 Å². The van der Waals surface area contributed by atoms with E-state index in [0.29, 0.717) is 16.5 Å². The first kappa shape index (κ1) is 13.6. The summed E-state index contributed by atoms with van der Waals surface area (Å²) < 4.78 is 0. The van der Waals surface area contributed by atoms with Crippen molar-refractivity contribution in [1.82, 2.24) is 0 Å². The predicted molar refractivity (Wildman–Crippen MR) is 72.1 cm³/mol. The summed E-state index contributed by atoms with van der Waals surface area (Å²) in [5, 5.41) is 12.4. The van der Waals surface area contributed by atoms with Gasteiger partial charge in [0.1, 0.15) is 0 Å². The average Bonchev–Trinajstić information content (AvgIpc) is 2.26. The average molecular weight is 256 g/mol. The predicted octanol–water partition coefficient (Wildman–Crippen LogP) is 2.53. The number of rotatable bonds is 4. The maximum Gasteiger partial charge on any atom is 0.172 e. The number of hydrogen-bond donors (Lipinski definition) is 2. The van der Waals surface area contributed by atoms with Gasteiger partial charge in [-0.15, -0.1) is 0 Å². The molecule has 1 aromatic carbocycles. The first-order valence-corrected chi connectivity index (χ1v) is 5.82. The molecule has 0 unspecified atom stereocenters. The number of halogens is 1. The number of hydrogen-bond acceptors (Lipinski definition) is 3. The van der Waals surface area contributed by atoms with Crippen LogP contribution in [-0.2, 0) is 0 Å². The standard InChI is InChI=1S/C12H18ClN3O/c1-8(2)7-16(3)11-5-4-9(13)6-10(11)12(14)15-17/h4-6,8,17H,7H2,1-3H3,(H2,14,15). The largest absolute Gasteiger partial charge is 0.409 e. The monoisotopic (exact) mass is 255 g/mol. The molecule has 4 nitrogen and oxygen atoms in total. The van der Waals surface area contributed by atoms with Gasteiger partial charge in [0.2, 0.25) is 0 Å². The van der Waals surface area contributed by atoms with Crippen LogP contribution >= 0.6 is 11.6 Å². The van der Waals surface area contributed by atoms with Gasteiger partial charge in [0.25, 0.3) is 0 Å². The van der Waals surface area contributed by atoms with Crippen LogP contribution in [0.3, 0.4) is 0 Å².